The van der Waals surface area contributed by atoms with E-state index in [-0.39, 0.29) is 24.5 Å². The van der Waals surface area contributed by atoms with Gasteiger partial charge in [0.1, 0.15) is 29.5 Å². The third-order valence-corrected chi connectivity index (χ3v) is 6.08. The molecule has 0 saturated carbocycles. The lowest BCUT2D eigenvalue weighted by Gasteiger charge is -2.24. The molecule has 0 radical (unpaired) electrons. The van der Waals surface area contributed by atoms with E-state index in [2.05, 4.69) is 0 Å². The second-order valence-electron chi connectivity index (χ2n) is 10.4. The topological polar surface area (TPSA) is 159 Å². The molecule has 226 valence electrons. The van der Waals surface area contributed by atoms with Crippen LogP contribution in [0.5, 0.6) is 11.5 Å². The fourth-order valence-electron chi connectivity index (χ4n) is 2.76. The molecule has 0 saturated heterocycles. The summed E-state index contributed by atoms with van der Waals surface area (Å²) in [4.78, 5) is 49.0. The highest BCUT2D eigenvalue weighted by molar-refractivity contribution is 5.76. The molecule has 1 aromatic carbocycles. The van der Waals surface area contributed by atoms with Crippen molar-refractivity contribution < 1.29 is 52.3 Å². The van der Waals surface area contributed by atoms with E-state index < -0.39 is 53.9 Å². The van der Waals surface area contributed by atoms with Gasteiger partial charge in [-0.15, -0.1) is 0 Å². The Morgan fingerprint density at radius 3 is 1.77 bits per heavy atom. The van der Waals surface area contributed by atoms with E-state index in [1.165, 1.54) is 12.1 Å². The van der Waals surface area contributed by atoms with Gasteiger partial charge in [-0.1, -0.05) is 19.9 Å². The summed E-state index contributed by atoms with van der Waals surface area (Å²) in [6.45, 7) is 15.5. The Balaban J connectivity index is 3.05. The van der Waals surface area contributed by atoms with Crippen LogP contribution in [0.25, 0.3) is 0 Å². The van der Waals surface area contributed by atoms with E-state index in [9.17, 15) is 19.2 Å². The summed E-state index contributed by atoms with van der Waals surface area (Å²) in [5, 5.41) is 0. The van der Waals surface area contributed by atoms with Crippen molar-refractivity contribution in [3.05, 3.63) is 23.8 Å². The molecule has 12 heteroatoms. The molecule has 1 rings (SSSR count). The zero-order valence-electron chi connectivity index (χ0n) is 24.9. The minimum absolute atomic E-state index is 0.0158. The number of carbonyl (C=O) groups excluding carboxylic acids is 4. The molecule has 0 spiro atoms. The molecule has 0 heterocycles. The van der Waals surface area contributed by atoms with Crippen LogP contribution >= 0.6 is 0 Å². The van der Waals surface area contributed by atoms with Gasteiger partial charge in [-0.2, -0.15) is 0 Å². The van der Waals surface area contributed by atoms with Crippen LogP contribution in [0.15, 0.2) is 18.2 Å². The standard InChI is InChI=1S/C28H43NO11/c1-10-27(6,7)39-25(32)37-21-14-13-19(16-22(21)38-26(33)40-28(8,9)11-2)15-20(29)23(30)35-17(4)18(5)36-24(31)34-12-3/h13-14,16-18,20H,10-12,15,29H2,1-9H3/t17-,18?,20-/m0/s1. The molecule has 0 aliphatic rings. The highest BCUT2D eigenvalue weighted by atomic mass is 16.8. The van der Waals surface area contributed by atoms with E-state index >= 15 is 0 Å². The minimum Gasteiger partial charge on any atom is -0.458 e. The number of carbonyl (C=O) groups is 4. The van der Waals surface area contributed by atoms with Crippen molar-refractivity contribution in [1.82, 2.24) is 0 Å². The van der Waals surface area contributed by atoms with Crippen LogP contribution in [0.2, 0.25) is 0 Å². The van der Waals surface area contributed by atoms with Gasteiger partial charge in [-0.25, -0.2) is 14.4 Å². The van der Waals surface area contributed by atoms with Gasteiger partial charge in [0.25, 0.3) is 0 Å². The van der Waals surface area contributed by atoms with Crippen molar-refractivity contribution in [2.75, 3.05) is 6.61 Å². The lowest BCUT2D eigenvalue weighted by atomic mass is 10.1. The molecule has 0 fully saturated rings. The zero-order valence-corrected chi connectivity index (χ0v) is 24.9. The van der Waals surface area contributed by atoms with E-state index in [1.54, 1.807) is 54.5 Å². The fraction of sp³-hybridized carbons (Fsp3) is 0.643. The van der Waals surface area contributed by atoms with Crippen LogP contribution in [0, 0.1) is 0 Å². The summed E-state index contributed by atoms with van der Waals surface area (Å²) < 4.78 is 36.4. The van der Waals surface area contributed by atoms with Crippen molar-refractivity contribution in [2.45, 2.75) is 111 Å². The molecule has 0 amide bonds. The van der Waals surface area contributed by atoms with Crippen LogP contribution in [0.1, 0.15) is 80.7 Å². The Labute approximate surface area is 235 Å². The molecule has 0 aliphatic carbocycles. The fourth-order valence-corrected chi connectivity index (χ4v) is 2.76. The Kier molecular flexibility index (Phi) is 13.2. The Morgan fingerprint density at radius 1 is 0.775 bits per heavy atom. The summed E-state index contributed by atoms with van der Waals surface area (Å²) in [6, 6.07) is 3.22. The van der Waals surface area contributed by atoms with Crippen LogP contribution in [0.3, 0.4) is 0 Å². The molecule has 1 unspecified atom stereocenters. The molecule has 40 heavy (non-hydrogen) atoms. The number of esters is 1. The third kappa shape index (κ3) is 12.1. The van der Waals surface area contributed by atoms with Gasteiger partial charge in [0.15, 0.2) is 11.5 Å². The lowest BCUT2D eigenvalue weighted by Crippen LogP contribution is -2.39. The third-order valence-electron chi connectivity index (χ3n) is 6.08. The summed E-state index contributed by atoms with van der Waals surface area (Å²) in [5.74, 6) is -0.975. The maximum atomic E-state index is 12.6. The van der Waals surface area contributed by atoms with Gasteiger partial charge in [-0.3, -0.25) is 4.79 Å². The van der Waals surface area contributed by atoms with Gasteiger partial charge in [0, 0.05) is 0 Å². The van der Waals surface area contributed by atoms with Gasteiger partial charge in [-0.05, 0) is 85.4 Å². The van der Waals surface area contributed by atoms with E-state index in [1.807, 2.05) is 13.8 Å². The van der Waals surface area contributed by atoms with E-state index in [0.717, 1.165) is 0 Å². The van der Waals surface area contributed by atoms with E-state index in [4.69, 9.17) is 38.9 Å². The maximum Gasteiger partial charge on any atom is 0.514 e. The average molecular weight is 570 g/mol. The maximum absolute atomic E-state index is 12.6. The SMILES string of the molecule is CCOC(=O)OC(C)[C@H](C)OC(=O)[C@@H](N)Cc1ccc(OC(=O)OC(C)(C)CC)c(OC(=O)OC(C)(C)CC)c1. The Hall–Kier alpha value is -3.54. The molecular formula is C28H43NO11. The van der Waals surface area contributed by atoms with Gasteiger partial charge >= 0.3 is 24.4 Å². The molecule has 0 aliphatic heterocycles. The minimum atomic E-state index is -1.11. The van der Waals surface area contributed by atoms with Gasteiger partial charge in [0.05, 0.1) is 6.61 Å². The van der Waals surface area contributed by atoms with Gasteiger partial charge in [0.2, 0.25) is 0 Å². The van der Waals surface area contributed by atoms with Crippen molar-refractivity contribution in [3.63, 3.8) is 0 Å². The van der Waals surface area contributed by atoms with Crippen molar-refractivity contribution in [3.8, 4) is 11.5 Å². The van der Waals surface area contributed by atoms with Crippen molar-refractivity contribution in [2.24, 2.45) is 5.73 Å². The smallest absolute Gasteiger partial charge is 0.458 e. The Morgan fingerprint density at radius 2 is 1.27 bits per heavy atom. The van der Waals surface area contributed by atoms with Crippen LogP contribution in [0.4, 0.5) is 14.4 Å². The summed E-state index contributed by atoms with van der Waals surface area (Å²) >= 11 is 0. The molecule has 2 N–H and O–H groups in total. The lowest BCUT2D eigenvalue weighted by molar-refractivity contribution is -0.155. The van der Waals surface area contributed by atoms with E-state index in [0.29, 0.717) is 18.4 Å². The molecule has 0 bridgehead atoms. The van der Waals surface area contributed by atoms with Crippen molar-refractivity contribution >= 4 is 24.4 Å². The van der Waals surface area contributed by atoms with Crippen molar-refractivity contribution in [1.29, 1.82) is 0 Å². The first-order chi connectivity index (χ1) is 18.5. The monoisotopic (exact) mass is 569 g/mol. The first kappa shape index (κ1) is 34.5. The quantitative estimate of drug-likeness (QED) is 0.182. The molecule has 12 nitrogen and oxygen atoms in total. The number of rotatable bonds is 13. The zero-order chi connectivity index (χ0) is 30.7. The highest BCUT2D eigenvalue weighted by Gasteiger charge is 2.28. The number of hydrogen-bond acceptors (Lipinski definition) is 12. The normalized spacial score (nSPS) is 13.8. The van der Waals surface area contributed by atoms with Crippen LogP contribution in [-0.2, 0) is 34.9 Å². The largest absolute Gasteiger partial charge is 0.514 e. The number of ether oxygens (including phenoxy) is 7. The average Bonchev–Trinajstić information content (AvgIpc) is 2.84. The van der Waals surface area contributed by atoms with Crippen LogP contribution in [-0.4, -0.2) is 60.5 Å². The number of nitrogens with two attached hydrogens (primary N) is 1. The van der Waals surface area contributed by atoms with Crippen LogP contribution < -0.4 is 15.2 Å². The molecule has 0 aromatic heterocycles. The summed E-state index contributed by atoms with van der Waals surface area (Å²) in [7, 11) is 0. The first-order valence-corrected chi connectivity index (χ1v) is 13.3. The second kappa shape index (κ2) is 15.3. The summed E-state index contributed by atoms with van der Waals surface area (Å²) in [6.07, 6.45) is -3.39. The number of benzene rings is 1. The first-order valence-electron chi connectivity index (χ1n) is 13.3. The second-order valence-corrected chi connectivity index (χ2v) is 10.4. The van der Waals surface area contributed by atoms with Gasteiger partial charge < -0.3 is 38.9 Å². The Bertz CT molecular complexity index is 1020. The molecule has 3 atom stereocenters. The predicted octanol–water partition coefficient (Wildman–Crippen LogP) is 5.46. The highest BCUT2D eigenvalue weighted by Crippen LogP contribution is 2.31. The molecular weight excluding hydrogens is 526 g/mol. The number of hydrogen-bond donors (Lipinski definition) is 1. The predicted molar refractivity (Wildman–Crippen MR) is 144 cm³/mol. The molecule has 1 aromatic rings. The summed E-state index contributed by atoms with van der Waals surface area (Å²) in [5.41, 5.74) is 4.96.